The van der Waals surface area contributed by atoms with Crippen molar-refractivity contribution >= 4 is 23.6 Å². The Labute approximate surface area is 117 Å². The van der Waals surface area contributed by atoms with Crippen molar-refractivity contribution in [3.63, 3.8) is 0 Å². The van der Waals surface area contributed by atoms with Crippen LogP contribution < -0.4 is 56.5 Å². The van der Waals surface area contributed by atoms with Gasteiger partial charge in [-0.1, -0.05) is 12.2 Å². The Morgan fingerprint density at radius 2 is 2.33 bits per heavy atom. The third-order valence-corrected chi connectivity index (χ3v) is 1.20. The molecule has 0 fully saturated rings. The van der Waals surface area contributed by atoms with Crippen LogP contribution in [-0.2, 0) is 0 Å². The molecule has 0 N–H and O–H groups in total. The molecule has 0 aromatic carbocycles. The number of aromatic carboxylic acids is 1. The van der Waals surface area contributed by atoms with E-state index in [-0.39, 0.29) is 62.9 Å². The summed E-state index contributed by atoms with van der Waals surface area (Å²) < 4.78 is 0. The summed E-state index contributed by atoms with van der Waals surface area (Å²) in [5.74, 6) is -1.12. The maximum Gasteiger partial charge on any atom is 1.00 e. The van der Waals surface area contributed by atoms with E-state index < -0.39 is 5.97 Å². The molecule has 0 aliphatic carbocycles. The van der Waals surface area contributed by atoms with Crippen LogP contribution in [0.25, 0.3) is 0 Å². The van der Waals surface area contributed by atoms with Gasteiger partial charge in [-0.15, -0.1) is 0 Å². The van der Waals surface area contributed by atoms with Crippen LogP contribution in [-0.4, -0.2) is 21.3 Å². The molecule has 6 heteroatoms. The SMILES string of the molecule is O=C([O-])c1ccnc(C=S)n1.[K+]. The summed E-state index contributed by atoms with van der Waals surface area (Å²) in [6.07, 6.45) is 1.32. The van der Waals surface area contributed by atoms with Gasteiger partial charge in [0.2, 0.25) is 0 Å². The second-order valence-electron chi connectivity index (χ2n) is 1.71. The van der Waals surface area contributed by atoms with Crippen molar-refractivity contribution < 1.29 is 61.3 Å². The molecule has 0 saturated heterocycles. The molecule has 12 heavy (non-hydrogen) atoms. The van der Waals surface area contributed by atoms with Crippen LogP contribution in [0.2, 0.25) is 0 Å². The summed E-state index contributed by atoms with van der Waals surface area (Å²) in [5.41, 5.74) is -0.156. The average Bonchev–Trinajstić information content (AvgIpc) is 2.05. The van der Waals surface area contributed by atoms with E-state index in [4.69, 9.17) is 0 Å². The first-order chi connectivity index (χ1) is 5.24. The monoisotopic (exact) mass is 206 g/mol. The zero-order valence-corrected chi connectivity index (χ0v) is 10.3. The van der Waals surface area contributed by atoms with Crippen LogP contribution in [0.3, 0.4) is 0 Å². The molecule has 1 heterocycles. The minimum absolute atomic E-state index is 0. The standard InChI is InChI=1S/C6H4N2O2S.K/c9-6(10)4-1-2-7-5(3-11)8-4;/h1-3H,(H,9,10);/q;+1/p-1. The van der Waals surface area contributed by atoms with Crippen molar-refractivity contribution in [3.05, 3.63) is 23.8 Å². The van der Waals surface area contributed by atoms with Gasteiger partial charge < -0.3 is 9.90 Å². The number of hydrogen-bond acceptors (Lipinski definition) is 5. The van der Waals surface area contributed by atoms with E-state index >= 15 is 0 Å². The third-order valence-electron chi connectivity index (χ3n) is 0.989. The molecule has 4 nitrogen and oxygen atoms in total. The second kappa shape index (κ2) is 5.84. The molecule has 0 aliphatic heterocycles. The van der Waals surface area contributed by atoms with Crippen molar-refractivity contribution in [2.75, 3.05) is 0 Å². The Kier molecular flexibility index (Phi) is 5.98. The fourth-order valence-electron chi connectivity index (χ4n) is 0.544. The first kappa shape index (κ1) is 12.3. The van der Waals surface area contributed by atoms with Gasteiger partial charge in [0.25, 0.3) is 0 Å². The molecule has 1 rings (SSSR count). The van der Waals surface area contributed by atoms with E-state index in [9.17, 15) is 9.90 Å². The predicted molar refractivity (Wildman–Crippen MR) is 39.1 cm³/mol. The molecule has 0 bridgehead atoms. The molecule has 0 radical (unpaired) electrons. The number of carboxylic acid groups (broad SMARTS) is 1. The number of aromatic nitrogens is 2. The minimum Gasteiger partial charge on any atom is -0.543 e. The molecule has 0 spiro atoms. The molecule has 0 atom stereocenters. The largest absolute Gasteiger partial charge is 1.00 e. The summed E-state index contributed by atoms with van der Waals surface area (Å²) in [6.45, 7) is 0. The quantitative estimate of drug-likeness (QED) is 0.367. The summed E-state index contributed by atoms with van der Waals surface area (Å²) in [6, 6.07) is 1.25. The Morgan fingerprint density at radius 3 is 2.83 bits per heavy atom. The van der Waals surface area contributed by atoms with Crippen LogP contribution >= 0.6 is 12.2 Å². The first-order valence-corrected chi connectivity index (χ1v) is 3.21. The molecular formula is C6H3KN2O2S. The van der Waals surface area contributed by atoms with E-state index in [1.807, 2.05) is 0 Å². The van der Waals surface area contributed by atoms with Crippen molar-refractivity contribution in [2.45, 2.75) is 0 Å². The van der Waals surface area contributed by atoms with Gasteiger partial charge in [-0.25, -0.2) is 9.97 Å². The maximum absolute atomic E-state index is 10.2. The zero-order chi connectivity index (χ0) is 8.27. The average molecular weight is 206 g/mol. The number of hydrogen-bond donors (Lipinski definition) is 0. The van der Waals surface area contributed by atoms with Gasteiger partial charge in [-0.05, 0) is 6.07 Å². The van der Waals surface area contributed by atoms with E-state index in [1.165, 1.54) is 17.6 Å². The zero-order valence-electron chi connectivity index (χ0n) is 6.35. The van der Waals surface area contributed by atoms with Gasteiger partial charge in [-0.3, -0.25) is 0 Å². The Morgan fingerprint density at radius 1 is 1.67 bits per heavy atom. The number of carbonyl (C=O) groups excluding carboxylic acids is 1. The Balaban J connectivity index is 0.00000121. The molecule has 0 amide bonds. The van der Waals surface area contributed by atoms with Crippen LogP contribution in [0, 0.1) is 0 Å². The summed E-state index contributed by atoms with van der Waals surface area (Å²) in [4.78, 5) is 17.5. The smallest absolute Gasteiger partial charge is 0.543 e. The summed E-state index contributed by atoms with van der Waals surface area (Å²) in [5, 5.41) is 11.4. The minimum atomic E-state index is -1.33. The Bertz CT molecular complexity index is 305. The van der Waals surface area contributed by atoms with Crippen LogP contribution in [0.5, 0.6) is 0 Å². The van der Waals surface area contributed by atoms with Crippen molar-refractivity contribution in [3.8, 4) is 0 Å². The molecule has 0 saturated carbocycles. The fourth-order valence-corrected chi connectivity index (χ4v) is 0.658. The van der Waals surface area contributed by atoms with E-state index in [0.29, 0.717) is 0 Å². The van der Waals surface area contributed by atoms with E-state index in [2.05, 4.69) is 22.2 Å². The van der Waals surface area contributed by atoms with Gasteiger partial charge >= 0.3 is 51.4 Å². The van der Waals surface area contributed by atoms with E-state index in [0.717, 1.165) is 0 Å². The molecule has 56 valence electrons. The number of nitrogens with zero attached hydrogens (tertiary/aromatic N) is 2. The molecule has 1 aromatic rings. The van der Waals surface area contributed by atoms with Gasteiger partial charge in [-0.2, -0.15) is 0 Å². The number of carbonyl (C=O) groups is 1. The molecule has 0 aliphatic rings. The predicted octanol–water partition coefficient (Wildman–Crippen LogP) is -3.81. The third kappa shape index (κ3) is 3.34. The topological polar surface area (TPSA) is 65.9 Å². The normalized spacial score (nSPS) is 8.33. The number of thiocarbonyl (C=S) groups is 1. The van der Waals surface area contributed by atoms with Gasteiger partial charge in [0, 0.05) is 11.6 Å². The van der Waals surface area contributed by atoms with Crippen LogP contribution in [0.4, 0.5) is 0 Å². The summed E-state index contributed by atoms with van der Waals surface area (Å²) >= 11 is 4.50. The van der Waals surface area contributed by atoms with Crippen LogP contribution in [0.15, 0.2) is 12.3 Å². The van der Waals surface area contributed by atoms with Crippen molar-refractivity contribution in [1.29, 1.82) is 0 Å². The van der Waals surface area contributed by atoms with Crippen LogP contribution in [0.1, 0.15) is 16.3 Å². The first-order valence-electron chi connectivity index (χ1n) is 2.73. The van der Waals surface area contributed by atoms with Gasteiger partial charge in [0.1, 0.15) is 0 Å². The fraction of sp³-hybridized carbons (Fsp3) is 0. The molecular weight excluding hydrogens is 203 g/mol. The molecule has 0 unspecified atom stereocenters. The Hall–Kier alpha value is 0.276. The van der Waals surface area contributed by atoms with Crippen molar-refractivity contribution in [1.82, 2.24) is 9.97 Å². The second-order valence-corrected chi connectivity index (χ2v) is 1.94. The van der Waals surface area contributed by atoms with E-state index in [1.54, 1.807) is 0 Å². The molecule has 1 aromatic heterocycles. The van der Waals surface area contributed by atoms with Crippen molar-refractivity contribution in [2.24, 2.45) is 0 Å². The maximum atomic E-state index is 10.2. The number of carboxylic acids is 1. The number of rotatable bonds is 2. The summed E-state index contributed by atoms with van der Waals surface area (Å²) in [7, 11) is 0. The van der Waals surface area contributed by atoms with Gasteiger partial charge in [0.15, 0.2) is 5.82 Å². The van der Waals surface area contributed by atoms with Gasteiger partial charge in [0.05, 0.1) is 11.7 Å².